The number of benzene rings is 1. The number of sulfonamides is 1. The van der Waals surface area contributed by atoms with Gasteiger partial charge in [0.2, 0.25) is 10.0 Å². The van der Waals surface area contributed by atoms with Gasteiger partial charge in [-0.05, 0) is 31.5 Å². The van der Waals surface area contributed by atoms with Crippen molar-refractivity contribution >= 4 is 26.0 Å². The van der Waals surface area contributed by atoms with Crippen molar-refractivity contribution in [3.05, 3.63) is 46.2 Å². The Labute approximate surface area is 120 Å². The molecule has 1 aromatic carbocycles. The highest BCUT2D eigenvalue weighted by atomic mass is 79.9. The van der Waals surface area contributed by atoms with E-state index in [1.165, 1.54) is 6.20 Å². The van der Waals surface area contributed by atoms with E-state index in [9.17, 15) is 8.42 Å². The number of aromatic nitrogens is 2. The molecule has 2 aromatic rings. The standard InChI is InChI=1S/C12H14BrN3O2S/c1-8(10-3-5-11(13)6-4-10)16-19(17,18)12-7-14-15-9(12)2/h3-8,16H,1-2H3,(H,14,15). The summed E-state index contributed by atoms with van der Waals surface area (Å²) in [5.41, 5.74) is 1.42. The largest absolute Gasteiger partial charge is 0.281 e. The fourth-order valence-corrected chi connectivity index (χ4v) is 3.36. The van der Waals surface area contributed by atoms with Crippen LogP contribution in [-0.2, 0) is 10.0 Å². The Morgan fingerprint density at radius 3 is 2.47 bits per heavy atom. The zero-order valence-electron chi connectivity index (χ0n) is 10.5. The average molecular weight is 344 g/mol. The highest BCUT2D eigenvalue weighted by Crippen LogP contribution is 2.19. The average Bonchev–Trinajstić information content (AvgIpc) is 2.76. The Morgan fingerprint density at radius 2 is 1.95 bits per heavy atom. The van der Waals surface area contributed by atoms with Gasteiger partial charge in [0.1, 0.15) is 4.90 Å². The van der Waals surface area contributed by atoms with Gasteiger partial charge < -0.3 is 0 Å². The molecule has 1 heterocycles. The summed E-state index contributed by atoms with van der Waals surface area (Å²) in [6.45, 7) is 3.47. The quantitative estimate of drug-likeness (QED) is 0.895. The molecule has 0 aliphatic rings. The molecular formula is C12H14BrN3O2S. The van der Waals surface area contributed by atoms with Gasteiger partial charge in [-0.15, -0.1) is 0 Å². The maximum atomic E-state index is 12.2. The molecule has 0 amide bonds. The fraction of sp³-hybridized carbons (Fsp3) is 0.250. The summed E-state index contributed by atoms with van der Waals surface area (Å²) < 4.78 is 28.0. The van der Waals surface area contributed by atoms with Gasteiger partial charge >= 0.3 is 0 Å². The molecule has 0 aliphatic heterocycles. The molecule has 5 nitrogen and oxygen atoms in total. The highest BCUT2D eigenvalue weighted by molar-refractivity contribution is 9.10. The van der Waals surface area contributed by atoms with Crippen molar-refractivity contribution in [1.29, 1.82) is 0 Å². The molecule has 7 heteroatoms. The molecule has 2 N–H and O–H groups in total. The second-order valence-electron chi connectivity index (χ2n) is 4.25. The van der Waals surface area contributed by atoms with Gasteiger partial charge in [0, 0.05) is 10.5 Å². The highest BCUT2D eigenvalue weighted by Gasteiger charge is 2.21. The normalized spacial score (nSPS) is 13.4. The van der Waals surface area contributed by atoms with Gasteiger partial charge in [-0.1, -0.05) is 28.1 Å². The minimum Gasteiger partial charge on any atom is -0.281 e. The smallest absolute Gasteiger partial charge is 0.244 e. The minimum absolute atomic E-state index is 0.177. The van der Waals surface area contributed by atoms with Crippen LogP contribution in [0.5, 0.6) is 0 Å². The van der Waals surface area contributed by atoms with E-state index >= 15 is 0 Å². The summed E-state index contributed by atoms with van der Waals surface area (Å²) in [6.07, 6.45) is 1.31. The van der Waals surface area contributed by atoms with Crippen molar-refractivity contribution in [3.8, 4) is 0 Å². The number of nitrogens with zero attached hydrogens (tertiary/aromatic N) is 1. The number of H-pyrrole nitrogens is 1. The first-order valence-corrected chi connectivity index (χ1v) is 7.95. The molecule has 1 atom stereocenters. The van der Waals surface area contributed by atoms with Crippen molar-refractivity contribution in [2.24, 2.45) is 0 Å². The van der Waals surface area contributed by atoms with Crippen molar-refractivity contribution in [1.82, 2.24) is 14.9 Å². The second kappa shape index (κ2) is 5.44. The number of hydrogen-bond acceptors (Lipinski definition) is 3. The monoisotopic (exact) mass is 343 g/mol. The lowest BCUT2D eigenvalue weighted by Gasteiger charge is -2.14. The Bertz CT molecular complexity index is 665. The van der Waals surface area contributed by atoms with Crippen LogP contribution in [0.4, 0.5) is 0 Å². The molecule has 0 aliphatic carbocycles. The lowest BCUT2D eigenvalue weighted by atomic mass is 10.1. The van der Waals surface area contributed by atoms with Crippen LogP contribution in [0.25, 0.3) is 0 Å². The van der Waals surface area contributed by atoms with E-state index in [1.807, 2.05) is 24.3 Å². The number of aryl methyl sites for hydroxylation is 1. The van der Waals surface area contributed by atoms with Crippen LogP contribution in [0, 0.1) is 6.92 Å². The third kappa shape index (κ3) is 3.23. The van der Waals surface area contributed by atoms with E-state index in [4.69, 9.17) is 0 Å². The first-order valence-electron chi connectivity index (χ1n) is 5.68. The molecule has 0 bridgehead atoms. The molecule has 2 rings (SSSR count). The predicted octanol–water partition coefficient (Wildman–Crippen LogP) is 2.52. The second-order valence-corrected chi connectivity index (χ2v) is 6.85. The molecule has 0 saturated carbocycles. The lowest BCUT2D eigenvalue weighted by molar-refractivity contribution is 0.566. The molecule has 1 aromatic heterocycles. The summed E-state index contributed by atoms with van der Waals surface area (Å²) in [6, 6.07) is 7.19. The SMILES string of the molecule is Cc1[nH]ncc1S(=O)(=O)NC(C)c1ccc(Br)cc1. The van der Waals surface area contributed by atoms with Crippen LogP contribution in [0.2, 0.25) is 0 Å². The summed E-state index contributed by atoms with van der Waals surface area (Å²) in [4.78, 5) is 0.177. The fourth-order valence-electron chi connectivity index (χ4n) is 1.73. The third-order valence-corrected chi connectivity index (χ3v) is 4.96. The van der Waals surface area contributed by atoms with Gasteiger partial charge in [-0.2, -0.15) is 5.10 Å². The molecule has 1 unspecified atom stereocenters. The third-order valence-electron chi connectivity index (χ3n) is 2.78. The van der Waals surface area contributed by atoms with Gasteiger partial charge in [0.05, 0.1) is 11.9 Å². The van der Waals surface area contributed by atoms with Crippen molar-refractivity contribution in [2.45, 2.75) is 24.8 Å². The van der Waals surface area contributed by atoms with E-state index in [0.29, 0.717) is 5.69 Å². The lowest BCUT2D eigenvalue weighted by Crippen LogP contribution is -2.27. The molecule has 0 fully saturated rings. The molecule has 0 saturated heterocycles. The Hall–Kier alpha value is -1.18. The van der Waals surface area contributed by atoms with Crippen molar-refractivity contribution in [2.75, 3.05) is 0 Å². The Kier molecular flexibility index (Phi) is 4.07. The van der Waals surface area contributed by atoms with Crippen LogP contribution < -0.4 is 4.72 Å². The molecule has 102 valence electrons. The number of nitrogens with one attached hydrogen (secondary N) is 2. The van der Waals surface area contributed by atoms with Crippen molar-refractivity contribution in [3.63, 3.8) is 0 Å². The maximum Gasteiger partial charge on any atom is 0.244 e. The van der Waals surface area contributed by atoms with E-state index in [0.717, 1.165) is 10.0 Å². The number of halogens is 1. The van der Waals surface area contributed by atoms with Crippen LogP contribution >= 0.6 is 15.9 Å². The van der Waals surface area contributed by atoms with Gasteiger partial charge in [-0.3, -0.25) is 5.10 Å². The zero-order valence-corrected chi connectivity index (χ0v) is 12.9. The van der Waals surface area contributed by atoms with Gasteiger partial charge in [0.15, 0.2) is 0 Å². The predicted molar refractivity (Wildman–Crippen MR) is 76.2 cm³/mol. The topological polar surface area (TPSA) is 74.8 Å². The van der Waals surface area contributed by atoms with Crippen LogP contribution in [0.1, 0.15) is 24.2 Å². The maximum absolute atomic E-state index is 12.2. The summed E-state index contributed by atoms with van der Waals surface area (Å²) >= 11 is 3.35. The van der Waals surface area contributed by atoms with E-state index in [1.54, 1.807) is 13.8 Å². The molecular weight excluding hydrogens is 330 g/mol. The van der Waals surface area contributed by atoms with Gasteiger partial charge in [0.25, 0.3) is 0 Å². The number of rotatable bonds is 4. The van der Waals surface area contributed by atoms with Crippen LogP contribution in [0.3, 0.4) is 0 Å². The van der Waals surface area contributed by atoms with E-state index < -0.39 is 10.0 Å². The Balaban J connectivity index is 2.21. The van der Waals surface area contributed by atoms with Crippen LogP contribution in [0.15, 0.2) is 39.8 Å². The van der Waals surface area contributed by atoms with E-state index in [-0.39, 0.29) is 10.9 Å². The molecule has 0 radical (unpaired) electrons. The zero-order chi connectivity index (χ0) is 14.0. The van der Waals surface area contributed by atoms with E-state index in [2.05, 4.69) is 30.8 Å². The van der Waals surface area contributed by atoms with Gasteiger partial charge in [-0.25, -0.2) is 13.1 Å². The number of hydrogen-bond donors (Lipinski definition) is 2. The summed E-state index contributed by atoms with van der Waals surface area (Å²) in [5, 5.41) is 6.35. The summed E-state index contributed by atoms with van der Waals surface area (Å²) in [5.74, 6) is 0. The first kappa shape index (κ1) is 14.2. The Morgan fingerprint density at radius 1 is 1.32 bits per heavy atom. The molecule has 19 heavy (non-hydrogen) atoms. The first-order chi connectivity index (χ1) is 8.90. The molecule has 0 spiro atoms. The number of aromatic amines is 1. The summed E-state index contributed by atoms with van der Waals surface area (Å²) in [7, 11) is -3.56. The minimum atomic E-state index is -3.56. The van der Waals surface area contributed by atoms with Crippen molar-refractivity contribution < 1.29 is 8.42 Å². The van der Waals surface area contributed by atoms with Crippen LogP contribution in [-0.4, -0.2) is 18.6 Å².